The molecule has 1 amide bonds. The minimum absolute atomic E-state index is 0.278. The van der Waals surface area contributed by atoms with Crippen molar-refractivity contribution in [1.29, 1.82) is 0 Å². The quantitative estimate of drug-likeness (QED) is 0.677. The molecule has 2 aromatic carbocycles. The van der Waals surface area contributed by atoms with Crippen molar-refractivity contribution in [2.45, 2.75) is 13.8 Å². The molecule has 0 unspecified atom stereocenters. The first-order valence-electron chi connectivity index (χ1n) is 6.23. The molecule has 20 heavy (non-hydrogen) atoms. The maximum Gasteiger partial charge on any atom is 0.271 e. The maximum atomic E-state index is 11.9. The van der Waals surface area contributed by atoms with Gasteiger partial charge in [-0.2, -0.15) is 5.10 Å². The summed E-state index contributed by atoms with van der Waals surface area (Å²) < 4.78 is 0. The van der Waals surface area contributed by atoms with E-state index in [0.29, 0.717) is 10.6 Å². The molecule has 0 heterocycles. The molecular formula is C16H15ClN2O. The molecule has 0 spiro atoms. The monoisotopic (exact) mass is 286 g/mol. The molecule has 2 rings (SSSR count). The number of nitrogens with zero attached hydrogens (tertiary/aromatic N) is 1. The van der Waals surface area contributed by atoms with Gasteiger partial charge in [-0.15, -0.1) is 0 Å². The fraction of sp³-hybridized carbons (Fsp3) is 0.125. The standard InChI is InChI=1S/C16H15ClN2O/c1-11-5-3-6-13(9-11)12(2)18-19-16(20)14-7-4-8-15(17)10-14/h3-10H,1-2H3,(H,19,20)/b18-12+. The number of nitrogens with one attached hydrogen (secondary N) is 1. The molecule has 0 radical (unpaired) electrons. The van der Waals surface area contributed by atoms with E-state index in [0.717, 1.165) is 16.8 Å². The lowest BCUT2D eigenvalue weighted by Crippen LogP contribution is -2.19. The van der Waals surface area contributed by atoms with Crippen LogP contribution in [0.25, 0.3) is 0 Å². The normalized spacial score (nSPS) is 11.2. The van der Waals surface area contributed by atoms with Gasteiger partial charge in [-0.05, 0) is 37.6 Å². The molecular weight excluding hydrogens is 272 g/mol. The lowest BCUT2D eigenvalue weighted by atomic mass is 10.1. The van der Waals surface area contributed by atoms with Crippen LogP contribution in [0.4, 0.5) is 0 Å². The highest BCUT2D eigenvalue weighted by molar-refractivity contribution is 6.30. The van der Waals surface area contributed by atoms with E-state index in [1.54, 1.807) is 24.3 Å². The Balaban J connectivity index is 2.11. The number of amides is 1. The number of aryl methyl sites for hydroxylation is 1. The van der Waals surface area contributed by atoms with Gasteiger partial charge in [-0.25, -0.2) is 5.43 Å². The van der Waals surface area contributed by atoms with E-state index in [9.17, 15) is 4.79 Å². The first kappa shape index (κ1) is 14.3. The van der Waals surface area contributed by atoms with Gasteiger partial charge < -0.3 is 0 Å². The Morgan fingerprint density at radius 1 is 1.10 bits per heavy atom. The van der Waals surface area contributed by atoms with Crippen molar-refractivity contribution in [2.75, 3.05) is 0 Å². The third-order valence-corrected chi connectivity index (χ3v) is 3.08. The number of hydrogen-bond donors (Lipinski definition) is 1. The van der Waals surface area contributed by atoms with Crippen LogP contribution in [-0.2, 0) is 0 Å². The highest BCUT2D eigenvalue weighted by Crippen LogP contribution is 2.10. The molecule has 1 N–H and O–H groups in total. The minimum atomic E-state index is -0.278. The van der Waals surface area contributed by atoms with Gasteiger partial charge in [0.1, 0.15) is 0 Å². The first-order valence-corrected chi connectivity index (χ1v) is 6.61. The summed E-state index contributed by atoms with van der Waals surface area (Å²) in [5, 5.41) is 4.64. The summed E-state index contributed by atoms with van der Waals surface area (Å²) in [6.45, 7) is 3.87. The summed E-state index contributed by atoms with van der Waals surface area (Å²) in [4.78, 5) is 11.9. The third-order valence-electron chi connectivity index (χ3n) is 2.85. The second-order valence-electron chi connectivity index (χ2n) is 4.52. The summed E-state index contributed by atoms with van der Waals surface area (Å²) in [6.07, 6.45) is 0. The topological polar surface area (TPSA) is 41.5 Å². The van der Waals surface area contributed by atoms with Crippen molar-refractivity contribution in [1.82, 2.24) is 5.43 Å². The van der Waals surface area contributed by atoms with Crippen LogP contribution in [0.5, 0.6) is 0 Å². The second kappa shape index (κ2) is 6.35. The average molecular weight is 287 g/mol. The third kappa shape index (κ3) is 3.68. The van der Waals surface area contributed by atoms with Gasteiger partial charge in [-0.3, -0.25) is 4.79 Å². The van der Waals surface area contributed by atoms with Gasteiger partial charge in [0.25, 0.3) is 5.91 Å². The van der Waals surface area contributed by atoms with Crippen molar-refractivity contribution in [3.63, 3.8) is 0 Å². The molecule has 0 aromatic heterocycles. The first-order chi connectivity index (χ1) is 9.56. The number of carbonyl (C=O) groups is 1. The molecule has 0 atom stereocenters. The van der Waals surface area contributed by atoms with E-state index < -0.39 is 0 Å². The smallest absolute Gasteiger partial charge is 0.267 e. The average Bonchev–Trinajstić information content (AvgIpc) is 2.44. The van der Waals surface area contributed by atoms with Gasteiger partial charge in [0.2, 0.25) is 0 Å². The van der Waals surface area contributed by atoms with Gasteiger partial charge in [-0.1, -0.05) is 47.5 Å². The SMILES string of the molecule is C/C(=N\NC(=O)c1cccc(Cl)c1)c1cccc(C)c1. The van der Waals surface area contributed by atoms with E-state index in [1.807, 2.05) is 38.1 Å². The Morgan fingerprint density at radius 3 is 2.50 bits per heavy atom. The molecule has 0 aliphatic heterocycles. The molecule has 102 valence electrons. The molecule has 0 aliphatic rings. The summed E-state index contributed by atoms with van der Waals surface area (Å²) in [5.74, 6) is -0.278. The molecule has 0 saturated heterocycles. The van der Waals surface area contributed by atoms with Crippen LogP contribution in [0, 0.1) is 6.92 Å². The van der Waals surface area contributed by atoms with Crippen LogP contribution in [0.3, 0.4) is 0 Å². The number of benzene rings is 2. The van der Waals surface area contributed by atoms with Crippen molar-refractivity contribution >= 4 is 23.2 Å². The van der Waals surface area contributed by atoms with Crippen molar-refractivity contribution < 1.29 is 4.79 Å². The molecule has 0 fully saturated rings. The molecule has 2 aromatic rings. The lowest BCUT2D eigenvalue weighted by molar-refractivity contribution is 0.0955. The van der Waals surface area contributed by atoms with Crippen molar-refractivity contribution in [3.05, 3.63) is 70.2 Å². The van der Waals surface area contributed by atoms with Crippen LogP contribution in [0.15, 0.2) is 53.6 Å². The molecule has 4 heteroatoms. The largest absolute Gasteiger partial charge is 0.271 e. The van der Waals surface area contributed by atoms with Crippen LogP contribution in [0.2, 0.25) is 5.02 Å². The summed E-state index contributed by atoms with van der Waals surface area (Å²) in [7, 11) is 0. The van der Waals surface area contributed by atoms with Crippen LogP contribution < -0.4 is 5.43 Å². The maximum absolute atomic E-state index is 11.9. The second-order valence-corrected chi connectivity index (χ2v) is 4.95. The predicted octanol–water partition coefficient (Wildman–Crippen LogP) is 3.80. The minimum Gasteiger partial charge on any atom is -0.267 e. The Bertz CT molecular complexity index is 665. The van der Waals surface area contributed by atoms with Gasteiger partial charge in [0, 0.05) is 10.6 Å². The van der Waals surface area contributed by atoms with Crippen LogP contribution >= 0.6 is 11.6 Å². The lowest BCUT2D eigenvalue weighted by Gasteiger charge is -2.04. The number of carbonyl (C=O) groups excluding carboxylic acids is 1. The van der Waals surface area contributed by atoms with Crippen LogP contribution in [0.1, 0.15) is 28.4 Å². The Kier molecular flexibility index (Phi) is 4.53. The van der Waals surface area contributed by atoms with Crippen molar-refractivity contribution in [2.24, 2.45) is 5.10 Å². The van der Waals surface area contributed by atoms with E-state index in [4.69, 9.17) is 11.6 Å². The zero-order valence-electron chi connectivity index (χ0n) is 11.4. The van der Waals surface area contributed by atoms with E-state index >= 15 is 0 Å². The van der Waals surface area contributed by atoms with Gasteiger partial charge in [0.15, 0.2) is 0 Å². The molecule has 0 bridgehead atoms. The highest BCUT2D eigenvalue weighted by atomic mass is 35.5. The van der Waals surface area contributed by atoms with Crippen molar-refractivity contribution in [3.8, 4) is 0 Å². The number of hydrazone groups is 1. The van der Waals surface area contributed by atoms with Gasteiger partial charge in [0.05, 0.1) is 5.71 Å². The van der Waals surface area contributed by atoms with E-state index in [-0.39, 0.29) is 5.91 Å². The molecule has 3 nitrogen and oxygen atoms in total. The predicted molar refractivity (Wildman–Crippen MR) is 82.3 cm³/mol. The summed E-state index contributed by atoms with van der Waals surface area (Å²) >= 11 is 5.85. The van der Waals surface area contributed by atoms with Crippen LogP contribution in [-0.4, -0.2) is 11.6 Å². The zero-order chi connectivity index (χ0) is 14.5. The molecule has 0 saturated carbocycles. The number of halogens is 1. The Hall–Kier alpha value is -2.13. The zero-order valence-corrected chi connectivity index (χ0v) is 12.1. The summed E-state index contributed by atoms with van der Waals surface area (Å²) in [6, 6.07) is 14.7. The Labute approximate surface area is 123 Å². The van der Waals surface area contributed by atoms with E-state index in [2.05, 4.69) is 10.5 Å². The number of hydrogen-bond acceptors (Lipinski definition) is 2. The number of rotatable bonds is 3. The molecule has 0 aliphatic carbocycles. The highest BCUT2D eigenvalue weighted by Gasteiger charge is 2.05. The fourth-order valence-electron chi connectivity index (χ4n) is 1.76. The Morgan fingerprint density at radius 2 is 1.80 bits per heavy atom. The summed E-state index contributed by atoms with van der Waals surface area (Å²) in [5.41, 5.74) is 5.91. The fourth-order valence-corrected chi connectivity index (χ4v) is 1.95. The van der Waals surface area contributed by atoms with E-state index in [1.165, 1.54) is 0 Å². The van der Waals surface area contributed by atoms with Gasteiger partial charge >= 0.3 is 0 Å².